The van der Waals surface area contributed by atoms with Crippen LogP contribution in [0, 0.1) is 0 Å². The van der Waals surface area contributed by atoms with Gasteiger partial charge in [-0.15, -0.1) is 0 Å². The van der Waals surface area contributed by atoms with E-state index in [0.717, 1.165) is 28.8 Å². The van der Waals surface area contributed by atoms with Gasteiger partial charge >= 0.3 is 0 Å². The molecule has 2 amide bonds. The lowest BCUT2D eigenvalue weighted by atomic mass is 9.99. The number of imide groups is 1. The molecule has 0 spiro atoms. The van der Waals surface area contributed by atoms with Crippen LogP contribution in [-0.2, 0) is 11.2 Å². The Bertz CT molecular complexity index is 1030. The van der Waals surface area contributed by atoms with Crippen LogP contribution in [0.5, 0.6) is 11.5 Å². The van der Waals surface area contributed by atoms with Crippen molar-refractivity contribution in [3.8, 4) is 11.5 Å². The molecule has 0 saturated carbocycles. The van der Waals surface area contributed by atoms with Gasteiger partial charge in [0.1, 0.15) is 22.9 Å². The van der Waals surface area contributed by atoms with Gasteiger partial charge in [0.2, 0.25) is 5.91 Å². The predicted molar refractivity (Wildman–Crippen MR) is 125 cm³/mol. The zero-order valence-electron chi connectivity index (χ0n) is 18.0. The molecule has 0 aromatic heterocycles. The van der Waals surface area contributed by atoms with Gasteiger partial charge in [0.25, 0.3) is 11.1 Å². The van der Waals surface area contributed by atoms with E-state index in [0.29, 0.717) is 19.6 Å². The van der Waals surface area contributed by atoms with Crippen LogP contribution < -0.4 is 14.8 Å². The Labute approximate surface area is 191 Å². The van der Waals surface area contributed by atoms with Crippen molar-refractivity contribution < 1.29 is 19.1 Å². The number of allylic oxidation sites excluding steroid dienone is 1. The summed E-state index contributed by atoms with van der Waals surface area (Å²) in [6, 6.07) is 17.2. The van der Waals surface area contributed by atoms with Crippen LogP contribution in [0.1, 0.15) is 12.5 Å². The molecule has 0 radical (unpaired) electrons. The fourth-order valence-corrected chi connectivity index (χ4v) is 4.49. The molecular formula is C24H25N3O4S. The normalized spacial score (nSPS) is 24.2. The molecule has 2 aromatic carbocycles. The Morgan fingerprint density at radius 1 is 1.06 bits per heavy atom. The topological polar surface area (TPSA) is 80.2 Å². The van der Waals surface area contributed by atoms with Gasteiger partial charge in [-0.05, 0) is 68.1 Å². The third-order valence-electron chi connectivity index (χ3n) is 5.39. The Hall–Kier alpha value is -3.10. The third kappa shape index (κ3) is 4.87. The molecule has 4 rings (SSSR count). The fourth-order valence-electron chi connectivity index (χ4n) is 3.56. The standard InChI is InChI=1S/C24H25N3O4S/c1-23(21(28)26-22(29)32-23)17-18-9-11-19(12-10-18)30-16-15-27(2)24(13-6-14-25-24)31-20-7-4-3-5-8-20/h3-14H,15-17H2,1-2H3,(H,26,28,29). The first-order valence-corrected chi connectivity index (χ1v) is 11.1. The van der Waals surface area contributed by atoms with Gasteiger partial charge in [-0.1, -0.05) is 30.3 Å². The van der Waals surface area contributed by atoms with Crippen LogP contribution in [0.3, 0.4) is 0 Å². The maximum Gasteiger partial charge on any atom is 0.286 e. The number of hydrogen-bond acceptors (Lipinski definition) is 7. The molecule has 1 N–H and O–H groups in total. The third-order valence-corrected chi connectivity index (χ3v) is 6.46. The van der Waals surface area contributed by atoms with E-state index in [4.69, 9.17) is 9.47 Å². The molecule has 7 nitrogen and oxygen atoms in total. The number of thioether (sulfide) groups is 1. The molecule has 2 atom stereocenters. The Morgan fingerprint density at radius 2 is 1.81 bits per heavy atom. The summed E-state index contributed by atoms with van der Waals surface area (Å²) in [4.78, 5) is 30.0. The van der Waals surface area contributed by atoms with Gasteiger partial charge in [-0.2, -0.15) is 0 Å². The number of nitrogens with zero attached hydrogens (tertiary/aromatic N) is 2. The second-order valence-electron chi connectivity index (χ2n) is 7.88. The zero-order chi connectivity index (χ0) is 22.6. The summed E-state index contributed by atoms with van der Waals surface area (Å²) in [6.07, 6.45) is 5.99. The van der Waals surface area contributed by atoms with Crippen molar-refractivity contribution in [1.29, 1.82) is 0 Å². The van der Waals surface area contributed by atoms with Crippen LogP contribution in [0.25, 0.3) is 0 Å². The highest BCUT2D eigenvalue weighted by Crippen LogP contribution is 2.35. The summed E-state index contributed by atoms with van der Waals surface area (Å²) in [7, 11) is 1.94. The summed E-state index contributed by atoms with van der Waals surface area (Å²) in [6.45, 7) is 2.82. The fraction of sp³-hybridized carbons (Fsp3) is 0.292. The number of likely N-dealkylation sites (N-methyl/N-ethyl adjacent to an activating group) is 1. The van der Waals surface area contributed by atoms with Crippen molar-refractivity contribution in [3.63, 3.8) is 0 Å². The number of rotatable bonds is 9. The summed E-state index contributed by atoms with van der Waals surface area (Å²) in [5.74, 6) is 0.339. The molecule has 0 aliphatic carbocycles. The molecule has 2 aliphatic heterocycles. The highest BCUT2D eigenvalue weighted by atomic mass is 32.2. The highest BCUT2D eigenvalue weighted by Gasteiger charge is 2.43. The minimum absolute atomic E-state index is 0.244. The number of benzene rings is 2. The van der Waals surface area contributed by atoms with E-state index in [1.165, 1.54) is 0 Å². The van der Waals surface area contributed by atoms with E-state index in [9.17, 15) is 9.59 Å². The molecule has 1 fully saturated rings. The van der Waals surface area contributed by atoms with Crippen molar-refractivity contribution in [3.05, 3.63) is 72.3 Å². The first-order chi connectivity index (χ1) is 15.4. The highest BCUT2D eigenvalue weighted by molar-refractivity contribution is 8.16. The summed E-state index contributed by atoms with van der Waals surface area (Å²) < 4.78 is 11.3. The number of aliphatic imine (C=N–C) groups is 1. The first-order valence-electron chi connectivity index (χ1n) is 10.3. The van der Waals surface area contributed by atoms with E-state index in [1.807, 2.05) is 78.7 Å². The van der Waals surface area contributed by atoms with E-state index in [2.05, 4.69) is 10.3 Å². The molecule has 1 saturated heterocycles. The molecule has 8 heteroatoms. The van der Waals surface area contributed by atoms with E-state index in [1.54, 1.807) is 13.1 Å². The molecular weight excluding hydrogens is 426 g/mol. The molecule has 32 heavy (non-hydrogen) atoms. The quantitative estimate of drug-likeness (QED) is 0.586. The average molecular weight is 452 g/mol. The minimum Gasteiger partial charge on any atom is -0.492 e. The van der Waals surface area contributed by atoms with Gasteiger partial charge in [0.15, 0.2) is 0 Å². The Morgan fingerprint density at radius 3 is 2.44 bits per heavy atom. The SMILES string of the molecule is CN(CCOc1ccc(CC2(C)SC(=O)NC2=O)cc1)C1(Oc2ccccc2)C=CC=N1. The van der Waals surface area contributed by atoms with Gasteiger partial charge < -0.3 is 9.47 Å². The van der Waals surface area contributed by atoms with Crippen molar-refractivity contribution in [2.75, 3.05) is 20.2 Å². The van der Waals surface area contributed by atoms with E-state index >= 15 is 0 Å². The van der Waals surface area contributed by atoms with Crippen LogP contribution in [0.2, 0.25) is 0 Å². The number of carbonyl (C=O) groups is 2. The summed E-state index contributed by atoms with van der Waals surface area (Å²) in [5, 5.41) is 2.06. The minimum atomic E-state index is -0.888. The number of para-hydroxylation sites is 1. The first kappa shape index (κ1) is 22.1. The van der Waals surface area contributed by atoms with Crippen molar-refractivity contribution in [2.24, 2.45) is 4.99 Å². The molecule has 166 valence electrons. The van der Waals surface area contributed by atoms with Crippen LogP contribution >= 0.6 is 11.8 Å². The van der Waals surface area contributed by atoms with Crippen LogP contribution in [0.15, 0.2) is 71.7 Å². The maximum absolute atomic E-state index is 12.0. The second-order valence-corrected chi connectivity index (χ2v) is 9.35. The Kier molecular flexibility index (Phi) is 6.34. The molecule has 2 aliphatic rings. The van der Waals surface area contributed by atoms with Gasteiger partial charge in [-0.25, -0.2) is 9.89 Å². The Balaban J connectivity index is 1.31. The lowest BCUT2D eigenvalue weighted by Gasteiger charge is -2.34. The van der Waals surface area contributed by atoms with Gasteiger partial charge in [-0.3, -0.25) is 14.9 Å². The number of amides is 2. The largest absolute Gasteiger partial charge is 0.492 e. The van der Waals surface area contributed by atoms with Gasteiger partial charge in [0, 0.05) is 18.8 Å². The number of nitrogens with one attached hydrogen (secondary N) is 1. The predicted octanol–water partition coefficient (Wildman–Crippen LogP) is 3.65. The van der Waals surface area contributed by atoms with E-state index in [-0.39, 0.29) is 11.1 Å². The van der Waals surface area contributed by atoms with Crippen LogP contribution in [-0.4, -0.2) is 53.1 Å². The molecule has 0 bridgehead atoms. The summed E-state index contributed by atoms with van der Waals surface area (Å²) in [5.41, 5.74) is 0.968. The maximum atomic E-state index is 12.0. The molecule has 2 aromatic rings. The number of carbonyl (C=O) groups excluding carboxylic acids is 2. The smallest absolute Gasteiger partial charge is 0.286 e. The lowest BCUT2D eigenvalue weighted by molar-refractivity contribution is -0.121. The number of ether oxygens (including phenoxy) is 2. The second kappa shape index (κ2) is 9.18. The monoisotopic (exact) mass is 451 g/mol. The van der Waals surface area contributed by atoms with Crippen molar-refractivity contribution in [1.82, 2.24) is 10.2 Å². The van der Waals surface area contributed by atoms with E-state index < -0.39 is 10.6 Å². The number of hydrogen-bond donors (Lipinski definition) is 1. The average Bonchev–Trinajstić information content (AvgIpc) is 3.34. The molecule has 2 heterocycles. The zero-order valence-corrected chi connectivity index (χ0v) is 18.8. The van der Waals surface area contributed by atoms with Gasteiger partial charge in [0.05, 0.1) is 0 Å². The van der Waals surface area contributed by atoms with Crippen molar-refractivity contribution in [2.45, 2.75) is 23.9 Å². The molecule has 2 unspecified atom stereocenters. The lowest BCUT2D eigenvalue weighted by Crippen LogP contribution is -2.48. The summed E-state index contributed by atoms with van der Waals surface area (Å²) >= 11 is 1.04. The van der Waals surface area contributed by atoms with Crippen molar-refractivity contribution >= 4 is 29.1 Å². The van der Waals surface area contributed by atoms with Crippen LogP contribution in [0.4, 0.5) is 4.79 Å².